The minimum Gasteiger partial charge on any atom is -0.370 e. The Morgan fingerprint density at radius 3 is 2.54 bits per heavy atom. The number of anilines is 1. The van der Waals surface area contributed by atoms with E-state index in [1.807, 2.05) is 7.05 Å². The number of hydrogen-bond donors (Lipinski definition) is 2. The molecule has 0 aliphatic carbocycles. The molecule has 1 aromatic rings. The van der Waals surface area contributed by atoms with Crippen LogP contribution in [-0.2, 0) is 0 Å². The van der Waals surface area contributed by atoms with Crippen molar-refractivity contribution in [1.29, 1.82) is 0 Å². The van der Waals surface area contributed by atoms with Gasteiger partial charge >= 0.3 is 0 Å². The molecule has 1 heterocycles. The monoisotopic (exact) mass is 359 g/mol. The smallest absolute Gasteiger partial charge is 0.191 e. The van der Waals surface area contributed by atoms with Gasteiger partial charge < -0.3 is 20.4 Å². The first-order chi connectivity index (χ1) is 12.5. The molecule has 146 valence electrons. The molecule has 0 aromatic heterocycles. The number of nitrogens with zero attached hydrogens (tertiary/aromatic N) is 3. The van der Waals surface area contributed by atoms with Crippen LogP contribution in [0.25, 0.3) is 0 Å². The van der Waals surface area contributed by atoms with Gasteiger partial charge in [0.2, 0.25) is 0 Å². The molecule has 0 atom stereocenters. The van der Waals surface area contributed by atoms with Gasteiger partial charge in [-0.2, -0.15) is 0 Å². The highest BCUT2D eigenvalue weighted by Gasteiger charge is 2.21. The number of likely N-dealkylation sites (N-methyl/N-ethyl adjacent to an activating group) is 1. The van der Waals surface area contributed by atoms with E-state index in [2.05, 4.69) is 77.4 Å². The van der Waals surface area contributed by atoms with Crippen molar-refractivity contribution in [3.63, 3.8) is 0 Å². The Labute approximate surface area is 159 Å². The second-order valence-electron chi connectivity index (χ2n) is 7.41. The number of hydrogen-bond acceptors (Lipinski definition) is 3. The van der Waals surface area contributed by atoms with Gasteiger partial charge in [-0.15, -0.1) is 0 Å². The Hall–Kier alpha value is -1.75. The number of para-hydroxylation sites is 1. The predicted octanol–water partition coefficient (Wildman–Crippen LogP) is 2.86. The van der Waals surface area contributed by atoms with Crippen LogP contribution in [0, 0.1) is 6.92 Å². The molecule has 2 rings (SSSR count). The highest BCUT2D eigenvalue weighted by Crippen LogP contribution is 2.18. The Morgan fingerprint density at radius 2 is 1.96 bits per heavy atom. The first-order valence-electron chi connectivity index (χ1n) is 10.1. The lowest BCUT2D eigenvalue weighted by atomic mass is 10.0. The van der Waals surface area contributed by atoms with Crippen molar-refractivity contribution in [2.24, 2.45) is 4.99 Å². The Kier molecular flexibility index (Phi) is 8.23. The van der Waals surface area contributed by atoms with Crippen LogP contribution < -0.4 is 15.5 Å². The van der Waals surface area contributed by atoms with Gasteiger partial charge in [-0.1, -0.05) is 18.2 Å². The molecule has 0 spiro atoms. The summed E-state index contributed by atoms with van der Waals surface area (Å²) in [6.07, 6.45) is 2.37. The maximum atomic E-state index is 4.41. The molecular weight excluding hydrogens is 322 g/mol. The summed E-state index contributed by atoms with van der Waals surface area (Å²) in [7, 11) is 1.86. The fourth-order valence-electron chi connectivity index (χ4n) is 3.62. The average molecular weight is 360 g/mol. The van der Waals surface area contributed by atoms with Crippen molar-refractivity contribution < 1.29 is 0 Å². The van der Waals surface area contributed by atoms with Crippen molar-refractivity contribution >= 4 is 11.6 Å². The summed E-state index contributed by atoms with van der Waals surface area (Å²) in [6, 6.07) is 9.76. The molecule has 1 aromatic carbocycles. The number of likely N-dealkylation sites (tertiary alicyclic amines) is 1. The third-order valence-electron chi connectivity index (χ3n) is 5.34. The summed E-state index contributed by atoms with van der Waals surface area (Å²) >= 11 is 0. The molecule has 26 heavy (non-hydrogen) atoms. The lowest BCUT2D eigenvalue weighted by Gasteiger charge is -2.35. The molecule has 0 saturated carbocycles. The van der Waals surface area contributed by atoms with Gasteiger partial charge in [0.25, 0.3) is 0 Å². The SMILES string of the molecule is CCN(CCNC(=NC)NC1CCN(C(C)C)CC1)c1ccccc1C. The molecular formula is C21H37N5. The normalized spacial score (nSPS) is 16.8. The minimum atomic E-state index is 0.523. The van der Waals surface area contributed by atoms with Crippen LogP contribution >= 0.6 is 0 Å². The van der Waals surface area contributed by atoms with E-state index in [1.54, 1.807) is 0 Å². The number of aryl methyl sites for hydroxylation is 1. The third kappa shape index (κ3) is 5.90. The van der Waals surface area contributed by atoms with Crippen LogP contribution in [0.5, 0.6) is 0 Å². The van der Waals surface area contributed by atoms with Crippen LogP contribution in [0.4, 0.5) is 5.69 Å². The maximum Gasteiger partial charge on any atom is 0.191 e. The van der Waals surface area contributed by atoms with E-state index >= 15 is 0 Å². The molecule has 0 bridgehead atoms. The molecule has 5 heteroatoms. The van der Waals surface area contributed by atoms with Crippen molar-refractivity contribution in [3.8, 4) is 0 Å². The van der Waals surface area contributed by atoms with E-state index in [-0.39, 0.29) is 0 Å². The molecule has 1 aliphatic rings. The van der Waals surface area contributed by atoms with Gasteiger partial charge in [0.15, 0.2) is 5.96 Å². The van der Waals surface area contributed by atoms with Gasteiger partial charge in [0.1, 0.15) is 0 Å². The zero-order valence-corrected chi connectivity index (χ0v) is 17.3. The summed E-state index contributed by atoms with van der Waals surface area (Å²) in [5.74, 6) is 0.925. The molecule has 2 N–H and O–H groups in total. The standard InChI is InChI=1S/C21H37N5/c1-6-25(20-10-8-7-9-18(20)4)16-13-23-21(22-5)24-19-11-14-26(15-12-19)17(2)3/h7-10,17,19H,6,11-16H2,1-5H3,(H2,22,23,24). The first kappa shape index (κ1) is 20.6. The van der Waals surface area contributed by atoms with E-state index in [9.17, 15) is 0 Å². The zero-order chi connectivity index (χ0) is 18.9. The lowest BCUT2D eigenvalue weighted by Crippen LogP contribution is -2.50. The van der Waals surface area contributed by atoms with Gasteiger partial charge in [-0.3, -0.25) is 4.99 Å². The molecule has 5 nitrogen and oxygen atoms in total. The summed E-state index contributed by atoms with van der Waals surface area (Å²) in [6.45, 7) is 14.1. The predicted molar refractivity (Wildman–Crippen MR) is 113 cm³/mol. The Morgan fingerprint density at radius 1 is 1.27 bits per heavy atom. The van der Waals surface area contributed by atoms with Gasteiger partial charge in [-0.05, 0) is 52.2 Å². The fourth-order valence-corrected chi connectivity index (χ4v) is 3.62. The van der Waals surface area contributed by atoms with Crippen molar-refractivity contribution in [3.05, 3.63) is 29.8 Å². The van der Waals surface area contributed by atoms with Gasteiger partial charge in [0, 0.05) is 57.5 Å². The molecule has 1 saturated heterocycles. The number of guanidine groups is 1. The maximum absolute atomic E-state index is 4.41. The number of aliphatic imine (C=N–C) groups is 1. The van der Waals surface area contributed by atoms with Crippen LogP contribution in [0.1, 0.15) is 39.2 Å². The first-order valence-corrected chi connectivity index (χ1v) is 10.1. The average Bonchev–Trinajstić information content (AvgIpc) is 2.65. The molecule has 0 radical (unpaired) electrons. The lowest BCUT2D eigenvalue weighted by molar-refractivity contribution is 0.167. The Bertz CT molecular complexity index is 561. The second kappa shape index (κ2) is 10.4. The van der Waals surface area contributed by atoms with Crippen molar-refractivity contribution in [1.82, 2.24) is 15.5 Å². The van der Waals surface area contributed by atoms with Crippen LogP contribution in [0.2, 0.25) is 0 Å². The third-order valence-corrected chi connectivity index (χ3v) is 5.34. The summed E-state index contributed by atoms with van der Waals surface area (Å²) in [4.78, 5) is 9.38. The van der Waals surface area contributed by atoms with Crippen LogP contribution in [-0.4, -0.2) is 62.7 Å². The van der Waals surface area contributed by atoms with Crippen molar-refractivity contribution in [2.75, 3.05) is 44.7 Å². The summed E-state index contributed by atoms with van der Waals surface area (Å²) in [5, 5.41) is 7.09. The number of nitrogens with one attached hydrogen (secondary N) is 2. The fraction of sp³-hybridized carbons (Fsp3) is 0.667. The second-order valence-corrected chi connectivity index (χ2v) is 7.41. The van der Waals surface area contributed by atoms with Gasteiger partial charge in [0.05, 0.1) is 0 Å². The molecule has 1 aliphatic heterocycles. The van der Waals surface area contributed by atoms with E-state index < -0.39 is 0 Å². The van der Waals surface area contributed by atoms with Crippen LogP contribution in [0.3, 0.4) is 0 Å². The largest absolute Gasteiger partial charge is 0.370 e. The Balaban J connectivity index is 1.77. The minimum absolute atomic E-state index is 0.523. The van der Waals surface area contributed by atoms with Crippen molar-refractivity contribution in [2.45, 2.75) is 52.6 Å². The molecule has 0 amide bonds. The number of piperidine rings is 1. The quantitative estimate of drug-likeness (QED) is 0.580. The van der Waals surface area contributed by atoms with E-state index in [4.69, 9.17) is 0 Å². The van der Waals surface area contributed by atoms with Crippen LogP contribution in [0.15, 0.2) is 29.3 Å². The van der Waals surface area contributed by atoms with E-state index in [1.165, 1.54) is 37.2 Å². The topological polar surface area (TPSA) is 42.9 Å². The number of benzene rings is 1. The van der Waals surface area contributed by atoms with E-state index in [0.29, 0.717) is 12.1 Å². The highest BCUT2D eigenvalue weighted by atomic mass is 15.2. The molecule has 0 unspecified atom stereocenters. The van der Waals surface area contributed by atoms with E-state index in [0.717, 1.165) is 25.6 Å². The summed E-state index contributed by atoms with van der Waals surface area (Å²) in [5.41, 5.74) is 2.65. The summed E-state index contributed by atoms with van der Waals surface area (Å²) < 4.78 is 0. The number of rotatable bonds is 7. The highest BCUT2D eigenvalue weighted by molar-refractivity contribution is 5.80. The zero-order valence-electron chi connectivity index (χ0n) is 17.3. The van der Waals surface area contributed by atoms with Gasteiger partial charge in [-0.25, -0.2) is 0 Å². The molecule has 1 fully saturated rings.